The maximum absolute atomic E-state index is 12.5. The highest BCUT2D eigenvalue weighted by atomic mass is 16.5. The maximum Gasteiger partial charge on any atom is 0.272 e. The van der Waals surface area contributed by atoms with Gasteiger partial charge in [-0.15, -0.1) is 0 Å². The second-order valence-corrected chi connectivity index (χ2v) is 5.29. The van der Waals surface area contributed by atoms with Gasteiger partial charge in [-0.25, -0.2) is 9.97 Å². The van der Waals surface area contributed by atoms with Crippen LogP contribution in [0.3, 0.4) is 0 Å². The van der Waals surface area contributed by atoms with Crippen molar-refractivity contribution in [2.45, 2.75) is 19.8 Å². The van der Waals surface area contributed by atoms with Crippen LogP contribution in [0.4, 0.5) is 5.95 Å². The number of amides is 1. The summed E-state index contributed by atoms with van der Waals surface area (Å²) >= 11 is 0. The van der Waals surface area contributed by atoms with Crippen molar-refractivity contribution in [1.82, 2.24) is 14.9 Å². The van der Waals surface area contributed by atoms with Gasteiger partial charge in [-0.2, -0.15) is 0 Å². The number of anilines is 1. The summed E-state index contributed by atoms with van der Waals surface area (Å²) in [4.78, 5) is 25.4. The molecule has 108 valence electrons. The molecule has 1 aromatic rings. The van der Waals surface area contributed by atoms with Crippen molar-refractivity contribution in [1.29, 1.82) is 0 Å². The largest absolute Gasteiger partial charge is 0.378 e. The SMILES string of the molecule is Cc1cc(C(=O)N2CCOCC2)nc(N2CCCC2)n1. The van der Waals surface area contributed by atoms with E-state index in [1.807, 2.05) is 6.92 Å². The maximum atomic E-state index is 12.5. The van der Waals surface area contributed by atoms with Crippen LogP contribution in [0.25, 0.3) is 0 Å². The van der Waals surface area contributed by atoms with Gasteiger partial charge in [0.1, 0.15) is 5.69 Å². The Kier molecular flexibility index (Phi) is 3.82. The molecule has 0 saturated carbocycles. The molecule has 6 nitrogen and oxygen atoms in total. The van der Waals surface area contributed by atoms with Crippen molar-refractivity contribution in [2.24, 2.45) is 0 Å². The van der Waals surface area contributed by atoms with Gasteiger partial charge in [0.2, 0.25) is 5.95 Å². The number of aromatic nitrogens is 2. The standard InChI is InChI=1S/C14H20N4O2/c1-11-10-12(13(19)17-6-8-20-9-7-17)16-14(15-11)18-4-2-3-5-18/h10H,2-9H2,1H3. The Bertz CT molecular complexity index is 494. The van der Waals surface area contributed by atoms with Crippen LogP contribution in [0.5, 0.6) is 0 Å². The highest BCUT2D eigenvalue weighted by Gasteiger charge is 2.22. The van der Waals surface area contributed by atoms with Gasteiger partial charge < -0.3 is 14.5 Å². The highest BCUT2D eigenvalue weighted by molar-refractivity contribution is 5.92. The monoisotopic (exact) mass is 276 g/mol. The van der Waals surface area contributed by atoms with Gasteiger partial charge in [0.05, 0.1) is 13.2 Å². The lowest BCUT2D eigenvalue weighted by atomic mass is 10.3. The molecule has 0 radical (unpaired) electrons. The molecule has 1 amide bonds. The lowest BCUT2D eigenvalue weighted by molar-refractivity contribution is 0.0299. The molecule has 1 aromatic heterocycles. The van der Waals surface area contributed by atoms with Crippen molar-refractivity contribution >= 4 is 11.9 Å². The van der Waals surface area contributed by atoms with E-state index in [0.717, 1.165) is 18.8 Å². The average molecular weight is 276 g/mol. The number of rotatable bonds is 2. The van der Waals surface area contributed by atoms with Gasteiger partial charge in [0.15, 0.2) is 0 Å². The minimum Gasteiger partial charge on any atom is -0.378 e. The zero-order valence-electron chi connectivity index (χ0n) is 11.8. The number of ether oxygens (including phenoxy) is 1. The quantitative estimate of drug-likeness (QED) is 0.802. The molecule has 0 aliphatic carbocycles. The van der Waals surface area contributed by atoms with Crippen LogP contribution in [0.15, 0.2) is 6.07 Å². The Morgan fingerprint density at radius 2 is 1.85 bits per heavy atom. The Balaban J connectivity index is 1.82. The van der Waals surface area contributed by atoms with Crippen LogP contribution in [0, 0.1) is 6.92 Å². The molecular weight excluding hydrogens is 256 g/mol. The fourth-order valence-corrected chi connectivity index (χ4v) is 2.65. The second-order valence-electron chi connectivity index (χ2n) is 5.29. The summed E-state index contributed by atoms with van der Waals surface area (Å²) in [5, 5.41) is 0. The van der Waals surface area contributed by atoms with Crippen molar-refractivity contribution in [3.63, 3.8) is 0 Å². The molecule has 0 unspecified atom stereocenters. The zero-order chi connectivity index (χ0) is 13.9. The number of nitrogens with zero attached hydrogens (tertiary/aromatic N) is 4. The summed E-state index contributed by atoms with van der Waals surface area (Å²) in [6, 6.07) is 1.78. The van der Waals surface area contributed by atoms with E-state index in [1.165, 1.54) is 12.8 Å². The summed E-state index contributed by atoms with van der Waals surface area (Å²) in [7, 11) is 0. The molecule has 3 rings (SSSR count). The van der Waals surface area contributed by atoms with Crippen molar-refractivity contribution in [3.8, 4) is 0 Å². The van der Waals surface area contributed by atoms with E-state index >= 15 is 0 Å². The Labute approximate surface area is 118 Å². The molecule has 0 bridgehead atoms. The summed E-state index contributed by atoms with van der Waals surface area (Å²) < 4.78 is 5.28. The van der Waals surface area contributed by atoms with Crippen molar-refractivity contribution in [2.75, 3.05) is 44.3 Å². The van der Waals surface area contributed by atoms with Crippen molar-refractivity contribution in [3.05, 3.63) is 17.5 Å². The number of morpholine rings is 1. The summed E-state index contributed by atoms with van der Waals surface area (Å²) in [6.07, 6.45) is 2.34. The smallest absolute Gasteiger partial charge is 0.272 e. The molecule has 0 aromatic carbocycles. The molecular formula is C14H20N4O2. The number of aryl methyl sites for hydroxylation is 1. The topological polar surface area (TPSA) is 58.6 Å². The predicted octanol–water partition coefficient (Wildman–Crippen LogP) is 0.858. The summed E-state index contributed by atoms with van der Waals surface area (Å²) in [6.45, 7) is 6.37. The minimum absolute atomic E-state index is 0.0146. The highest BCUT2D eigenvalue weighted by Crippen LogP contribution is 2.17. The number of carbonyl (C=O) groups is 1. The third kappa shape index (κ3) is 2.75. The normalized spacial score (nSPS) is 19.4. The van der Waals surface area contributed by atoms with Crippen molar-refractivity contribution < 1.29 is 9.53 Å². The van der Waals surface area contributed by atoms with E-state index in [0.29, 0.717) is 37.9 Å². The van der Waals surface area contributed by atoms with E-state index in [-0.39, 0.29) is 5.91 Å². The van der Waals surface area contributed by atoms with Crippen LogP contribution < -0.4 is 4.90 Å². The molecule has 20 heavy (non-hydrogen) atoms. The lowest BCUT2D eigenvalue weighted by Gasteiger charge is -2.27. The summed E-state index contributed by atoms with van der Waals surface area (Å²) in [5.41, 5.74) is 1.35. The first-order valence-corrected chi connectivity index (χ1v) is 7.22. The van der Waals surface area contributed by atoms with Gasteiger partial charge in [-0.1, -0.05) is 0 Å². The number of hydrogen-bond donors (Lipinski definition) is 0. The molecule has 2 saturated heterocycles. The molecule has 2 aliphatic rings. The van der Waals surface area contributed by atoms with E-state index in [1.54, 1.807) is 11.0 Å². The van der Waals surface area contributed by atoms with Crippen LogP contribution >= 0.6 is 0 Å². The molecule has 6 heteroatoms. The first-order valence-electron chi connectivity index (χ1n) is 7.22. The van der Waals surface area contributed by atoms with Gasteiger partial charge in [0, 0.05) is 31.9 Å². The molecule has 2 aliphatic heterocycles. The van der Waals surface area contributed by atoms with E-state index in [9.17, 15) is 4.79 Å². The number of carbonyl (C=O) groups excluding carboxylic acids is 1. The second kappa shape index (κ2) is 5.75. The van der Waals surface area contributed by atoms with Gasteiger partial charge >= 0.3 is 0 Å². The Morgan fingerprint density at radius 1 is 1.15 bits per heavy atom. The van der Waals surface area contributed by atoms with Crippen LogP contribution in [-0.4, -0.2) is 60.2 Å². The predicted molar refractivity (Wildman–Crippen MR) is 74.9 cm³/mol. The lowest BCUT2D eigenvalue weighted by Crippen LogP contribution is -2.41. The average Bonchev–Trinajstić information content (AvgIpc) is 3.01. The van der Waals surface area contributed by atoms with Gasteiger partial charge in [0.25, 0.3) is 5.91 Å². The number of hydrogen-bond acceptors (Lipinski definition) is 5. The van der Waals surface area contributed by atoms with E-state index < -0.39 is 0 Å². The minimum atomic E-state index is -0.0146. The fraction of sp³-hybridized carbons (Fsp3) is 0.643. The van der Waals surface area contributed by atoms with E-state index in [2.05, 4.69) is 14.9 Å². The third-order valence-corrected chi connectivity index (χ3v) is 3.75. The van der Waals surface area contributed by atoms with Gasteiger partial charge in [-0.3, -0.25) is 4.79 Å². The molecule has 2 fully saturated rings. The Hall–Kier alpha value is -1.69. The zero-order valence-corrected chi connectivity index (χ0v) is 11.8. The van der Waals surface area contributed by atoms with E-state index in [4.69, 9.17) is 4.74 Å². The Morgan fingerprint density at radius 3 is 2.55 bits per heavy atom. The fourth-order valence-electron chi connectivity index (χ4n) is 2.65. The van der Waals surface area contributed by atoms with Crippen LogP contribution in [0.2, 0.25) is 0 Å². The first-order chi connectivity index (χ1) is 9.74. The first kappa shape index (κ1) is 13.3. The third-order valence-electron chi connectivity index (χ3n) is 3.75. The van der Waals surface area contributed by atoms with Gasteiger partial charge in [-0.05, 0) is 25.8 Å². The molecule has 0 N–H and O–H groups in total. The molecule has 3 heterocycles. The summed E-state index contributed by atoms with van der Waals surface area (Å²) in [5.74, 6) is 0.679. The van der Waals surface area contributed by atoms with Crippen LogP contribution in [0.1, 0.15) is 29.0 Å². The molecule has 0 spiro atoms. The molecule has 0 atom stereocenters. The van der Waals surface area contributed by atoms with Crippen LogP contribution in [-0.2, 0) is 4.74 Å².